The van der Waals surface area contributed by atoms with Crippen molar-refractivity contribution in [3.63, 3.8) is 0 Å². The summed E-state index contributed by atoms with van der Waals surface area (Å²) in [4.78, 5) is 2.55. The molecule has 0 aromatic heterocycles. The Bertz CT molecular complexity index is 862. The van der Waals surface area contributed by atoms with Crippen molar-refractivity contribution in [1.29, 1.82) is 0 Å². The van der Waals surface area contributed by atoms with Crippen LogP contribution in [0.3, 0.4) is 0 Å². The highest BCUT2D eigenvalue weighted by Gasteiger charge is 2.29. The first-order valence-corrected chi connectivity index (χ1v) is 10.2. The number of sulfonamides is 1. The Hall–Kier alpha value is -2.09. The molecule has 26 heavy (non-hydrogen) atoms. The van der Waals surface area contributed by atoms with Gasteiger partial charge in [-0.3, -0.25) is 4.90 Å². The van der Waals surface area contributed by atoms with Gasteiger partial charge in [0.05, 0.1) is 4.90 Å². The van der Waals surface area contributed by atoms with Crippen LogP contribution in [0.4, 0.5) is 0 Å². The van der Waals surface area contributed by atoms with Gasteiger partial charge in [-0.2, -0.15) is 4.31 Å². The third-order valence-electron chi connectivity index (χ3n) is 4.73. The summed E-state index contributed by atoms with van der Waals surface area (Å²) < 4.78 is 38.4. The molecule has 0 aliphatic carbocycles. The molecule has 0 amide bonds. The summed E-state index contributed by atoms with van der Waals surface area (Å²) in [5.41, 5.74) is 1.25. The minimum absolute atomic E-state index is 0.262. The van der Waals surface area contributed by atoms with Crippen molar-refractivity contribution in [3.05, 3.63) is 54.1 Å². The standard InChI is InChI=1S/C19H22N2O4S/c22-26(23,17-6-7-18-19(14-17)25-13-12-24-18)21-10-8-20(9-11-21)15-16-4-2-1-3-5-16/h1-7,14H,8-13,15H2. The van der Waals surface area contributed by atoms with Crippen molar-refractivity contribution < 1.29 is 17.9 Å². The van der Waals surface area contributed by atoms with Crippen LogP contribution in [-0.4, -0.2) is 57.0 Å². The molecule has 1 saturated heterocycles. The fourth-order valence-electron chi connectivity index (χ4n) is 3.30. The summed E-state index contributed by atoms with van der Waals surface area (Å²) in [5, 5.41) is 0. The number of hydrogen-bond donors (Lipinski definition) is 0. The van der Waals surface area contributed by atoms with Crippen LogP contribution in [0.5, 0.6) is 11.5 Å². The third-order valence-corrected chi connectivity index (χ3v) is 6.63. The van der Waals surface area contributed by atoms with Gasteiger partial charge in [-0.25, -0.2) is 8.42 Å². The van der Waals surface area contributed by atoms with Crippen LogP contribution >= 0.6 is 0 Å². The van der Waals surface area contributed by atoms with E-state index < -0.39 is 10.0 Å². The molecule has 2 aliphatic heterocycles. The third kappa shape index (κ3) is 3.56. The first-order chi connectivity index (χ1) is 12.6. The second-order valence-corrected chi connectivity index (χ2v) is 8.41. The molecule has 0 N–H and O–H groups in total. The van der Waals surface area contributed by atoms with Gasteiger partial charge in [-0.05, 0) is 17.7 Å². The summed E-state index contributed by atoms with van der Waals surface area (Å²) in [6.45, 7) is 4.19. The normalized spacial score (nSPS) is 18.6. The zero-order valence-corrected chi connectivity index (χ0v) is 15.3. The maximum Gasteiger partial charge on any atom is 0.243 e. The van der Waals surface area contributed by atoms with Crippen LogP contribution in [0.1, 0.15) is 5.56 Å². The number of hydrogen-bond acceptors (Lipinski definition) is 5. The van der Waals surface area contributed by atoms with Gasteiger partial charge in [0.1, 0.15) is 13.2 Å². The summed E-state index contributed by atoms with van der Waals surface area (Å²) in [6, 6.07) is 15.1. The molecule has 2 heterocycles. The summed E-state index contributed by atoms with van der Waals surface area (Å²) >= 11 is 0. The van der Waals surface area contributed by atoms with Crippen molar-refractivity contribution in [2.45, 2.75) is 11.4 Å². The molecule has 0 spiro atoms. The lowest BCUT2D eigenvalue weighted by molar-refractivity contribution is 0.170. The maximum atomic E-state index is 12.9. The zero-order valence-electron chi connectivity index (χ0n) is 14.5. The first-order valence-electron chi connectivity index (χ1n) is 8.79. The van der Waals surface area contributed by atoms with Crippen LogP contribution < -0.4 is 9.47 Å². The number of nitrogens with zero attached hydrogens (tertiary/aromatic N) is 2. The quantitative estimate of drug-likeness (QED) is 0.819. The lowest BCUT2D eigenvalue weighted by Crippen LogP contribution is -2.48. The highest BCUT2D eigenvalue weighted by Crippen LogP contribution is 2.33. The molecule has 2 aromatic carbocycles. The van der Waals surface area contributed by atoms with E-state index in [-0.39, 0.29) is 4.90 Å². The molecule has 138 valence electrons. The fraction of sp³-hybridized carbons (Fsp3) is 0.368. The zero-order chi connectivity index (χ0) is 18.0. The van der Waals surface area contributed by atoms with Gasteiger partial charge in [0.15, 0.2) is 11.5 Å². The van der Waals surface area contributed by atoms with Gasteiger partial charge < -0.3 is 9.47 Å². The Morgan fingerprint density at radius 3 is 2.27 bits per heavy atom. The molecule has 1 fully saturated rings. The summed E-state index contributed by atoms with van der Waals surface area (Å²) in [6.07, 6.45) is 0. The SMILES string of the molecule is O=S(=O)(c1ccc2c(c1)OCCO2)N1CCN(Cc2ccccc2)CC1. The van der Waals surface area contributed by atoms with E-state index >= 15 is 0 Å². The molecule has 6 nitrogen and oxygen atoms in total. The number of rotatable bonds is 4. The lowest BCUT2D eigenvalue weighted by Gasteiger charge is -2.34. The highest BCUT2D eigenvalue weighted by molar-refractivity contribution is 7.89. The average Bonchev–Trinajstić information content (AvgIpc) is 2.69. The molecular weight excluding hydrogens is 352 g/mol. The number of fused-ring (bicyclic) bond motifs is 1. The van der Waals surface area contributed by atoms with Crippen LogP contribution in [0.25, 0.3) is 0 Å². The summed E-state index contributed by atoms with van der Waals surface area (Å²) in [7, 11) is -3.52. The van der Waals surface area contributed by atoms with E-state index in [1.807, 2.05) is 18.2 Å². The van der Waals surface area contributed by atoms with E-state index in [0.717, 1.165) is 19.6 Å². The molecular formula is C19H22N2O4S. The predicted molar refractivity (Wildman–Crippen MR) is 97.9 cm³/mol. The van der Waals surface area contributed by atoms with E-state index in [0.29, 0.717) is 37.8 Å². The van der Waals surface area contributed by atoms with Crippen LogP contribution in [0.2, 0.25) is 0 Å². The van der Waals surface area contributed by atoms with Crippen molar-refractivity contribution >= 4 is 10.0 Å². The Morgan fingerprint density at radius 1 is 0.846 bits per heavy atom. The lowest BCUT2D eigenvalue weighted by atomic mass is 10.2. The largest absolute Gasteiger partial charge is 0.486 e. The van der Waals surface area contributed by atoms with Crippen LogP contribution in [0.15, 0.2) is 53.4 Å². The molecule has 0 radical (unpaired) electrons. The molecule has 2 aliphatic rings. The van der Waals surface area contributed by atoms with E-state index in [4.69, 9.17) is 9.47 Å². The van der Waals surface area contributed by atoms with Crippen molar-refractivity contribution in [1.82, 2.24) is 9.21 Å². The number of piperazine rings is 1. The fourth-order valence-corrected chi connectivity index (χ4v) is 4.74. The second kappa shape index (κ2) is 7.26. The first kappa shape index (κ1) is 17.3. The van der Waals surface area contributed by atoms with Gasteiger partial charge in [0.2, 0.25) is 10.0 Å². The summed E-state index contributed by atoms with van der Waals surface area (Å²) in [5.74, 6) is 1.10. The molecule has 0 saturated carbocycles. The molecule has 0 bridgehead atoms. The van der Waals surface area contributed by atoms with Crippen molar-refractivity contribution in [2.75, 3.05) is 39.4 Å². The smallest absolute Gasteiger partial charge is 0.243 e. The Kier molecular flexibility index (Phi) is 4.84. The molecule has 7 heteroatoms. The molecule has 0 atom stereocenters. The predicted octanol–water partition coefficient (Wildman–Crippen LogP) is 1.96. The minimum Gasteiger partial charge on any atom is -0.486 e. The van der Waals surface area contributed by atoms with Crippen molar-refractivity contribution in [2.24, 2.45) is 0 Å². The molecule has 4 rings (SSSR count). The van der Waals surface area contributed by atoms with E-state index in [1.54, 1.807) is 22.5 Å². The van der Waals surface area contributed by atoms with Crippen LogP contribution in [-0.2, 0) is 16.6 Å². The van der Waals surface area contributed by atoms with Gasteiger partial charge in [0.25, 0.3) is 0 Å². The van der Waals surface area contributed by atoms with Gasteiger partial charge >= 0.3 is 0 Å². The highest BCUT2D eigenvalue weighted by atomic mass is 32.2. The maximum absolute atomic E-state index is 12.9. The van der Waals surface area contributed by atoms with Gasteiger partial charge in [0, 0.05) is 38.8 Å². The molecule has 0 unspecified atom stereocenters. The number of ether oxygens (including phenoxy) is 2. The van der Waals surface area contributed by atoms with Gasteiger partial charge in [-0.15, -0.1) is 0 Å². The number of benzene rings is 2. The molecule has 2 aromatic rings. The Balaban J connectivity index is 1.43. The van der Waals surface area contributed by atoms with E-state index in [1.165, 1.54) is 5.56 Å². The Labute approximate surface area is 154 Å². The second-order valence-electron chi connectivity index (χ2n) is 6.47. The van der Waals surface area contributed by atoms with E-state index in [2.05, 4.69) is 17.0 Å². The monoisotopic (exact) mass is 374 g/mol. The Morgan fingerprint density at radius 2 is 1.54 bits per heavy atom. The van der Waals surface area contributed by atoms with Gasteiger partial charge in [-0.1, -0.05) is 30.3 Å². The van der Waals surface area contributed by atoms with Crippen molar-refractivity contribution in [3.8, 4) is 11.5 Å². The topological polar surface area (TPSA) is 59.1 Å². The van der Waals surface area contributed by atoms with Crippen LogP contribution in [0, 0.1) is 0 Å². The van der Waals surface area contributed by atoms with E-state index in [9.17, 15) is 8.42 Å². The average molecular weight is 374 g/mol. The minimum atomic E-state index is -3.52.